The number of nitro benzene ring substituents is 1. The third kappa shape index (κ3) is 4.70. The molecule has 10 nitrogen and oxygen atoms in total. The third-order valence-electron chi connectivity index (χ3n) is 3.60. The maximum absolute atomic E-state index is 12.6. The van der Waals surface area contributed by atoms with Gasteiger partial charge in [0.25, 0.3) is 21.6 Å². The molecule has 28 heavy (non-hydrogen) atoms. The second-order valence-electron chi connectivity index (χ2n) is 5.54. The predicted octanol–water partition coefficient (Wildman–Crippen LogP) is 1.29. The molecule has 11 heteroatoms. The molecule has 2 N–H and O–H groups in total. The fourth-order valence-corrected chi connectivity index (χ4v) is 3.32. The molecule has 0 heterocycles. The third-order valence-corrected chi connectivity index (χ3v) is 4.90. The van der Waals surface area contributed by atoms with Crippen LogP contribution in [0.25, 0.3) is 0 Å². The normalized spacial score (nSPS) is 13.0. The van der Waals surface area contributed by atoms with E-state index >= 15 is 0 Å². The van der Waals surface area contributed by atoms with Gasteiger partial charge in [-0.15, -0.1) is 0 Å². The summed E-state index contributed by atoms with van der Waals surface area (Å²) in [6, 6.07) is 11.0. The van der Waals surface area contributed by atoms with Crippen LogP contribution < -0.4 is 0 Å². The maximum atomic E-state index is 12.6. The first-order chi connectivity index (χ1) is 13.1. The minimum atomic E-state index is -4.63. The van der Waals surface area contributed by atoms with Gasteiger partial charge < -0.3 is 14.9 Å². The van der Waals surface area contributed by atoms with Crippen molar-refractivity contribution < 1.29 is 37.3 Å². The predicted molar refractivity (Wildman–Crippen MR) is 94.4 cm³/mol. The molecule has 0 radical (unpaired) electrons. The highest BCUT2D eigenvalue weighted by molar-refractivity contribution is 7.86. The summed E-state index contributed by atoms with van der Waals surface area (Å²) in [5, 5.41) is 31.2. The van der Waals surface area contributed by atoms with Gasteiger partial charge in [0, 0.05) is 12.1 Å². The van der Waals surface area contributed by atoms with Crippen molar-refractivity contribution in [2.75, 3.05) is 6.61 Å². The van der Waals surface area contributed by atoms with Crippen LogP contribution in [0.1, 0.15) is 18.6 Å². The highest BCUT2D eigenvalue weighted by Gasteiger charge is 2.48. The van der Waals surface area contributed by atoms with Crippen molar-refractivity contribution in [2.24, 2.45) is 0 Å². The topological polar surface area (TPSA) is 153 Å². The highest BCUT2D eigenvalue weighted by atomic mass is 32.2. The first-order valence-corrected chi connectivity index (χ1v) is 9.35. The zero-order valence-electron chi connectivity index (χ0n) is 14.6. The van der Waals surface area contributed by atoms with Crippen LogP contribution >= 0.6 is 0 Å². The number of nitrogens with zero attached hydrogens (tertiary/aromatic N) is 1. The number of non-ortho nitro benzene ring substituents is 1. The lowest BCUT2D eigenvalue weighted by Crippen LogP contribution is -2.47. The number of nitro groups is 1. The number of hydrogen-bond acceptors (Lipinski definition) is 9. The Labute approximate surface area is 160 Å². The van der Waals surface area contributed by atoms with Crippen LogP contribution in [0.4, 0.5) is 5.69 Å². The van der Waals surface area contributed by atoms with Crippen LogP contribution in [0, 0.1) is 10.1 Å². The number of ether oxygens (including phenoxy) is 1. The molecule has 2 aromatic carbocycles. The Balaban J connectivity index is 2.44. The van der Waals surface area contributed by atoms with Crippen LogP contribution in [-0.2, 0) is 23.8 Å². The summed E-state index contributed by atoms with van der Waals surface area (Å²) in [5.41, 5.74) is -0.366. The molecule has 0 amide bonds. The summed E-state index contributed by atoms with van der Waals surface area (Å²) < 4.78 is 34.6. The van der Waals surface area contributed by atoms with Crippen LogP contribution in [0.3, 0.4) is 0 Å². The number of benzene rings is 2. The first kappa shape index (κ1) is 21.4. The van der Waals surface area contributed by atoms with Gasteiger partial charge in [0.2, 0.25) is 0 Å². The lowest BCUT2D eigenvalue weighted by atomic mass is 10.0. The Hall–Kier alpha value is -2.86. The van der Waals surface area contributed by atoms with Crippen LogP contribution in [-0.4, -0.2) is 41.9 Å². The molecule has 0 aliphatic heterocycles. The molecule has 0 saturated carbocycles. The number of esters is 1. The average molecular weight is 411 g/mol. The van der Waals surface area contributed by atoms with Crippen LogP contribution in [0.2, 0.25) is 0 Å². The minimum absolute atomic E-state index is 0.0222. The number of hydrogen-bond donors (Lipinski definition) is 2. The summed E-state index contributed by atoms with van der Waals surface area (Å²) in [7, 11) is -4.63. The van der Waals surface area contributed by atoms with Crippen molar-refractivity contribution >= 4 is 21.8 Å². The second-order valence-corrected chi connectivity index (χ2v) is 7.11. The van der Waals surface area contributed by atoms with Gasteiger partial charge in [-0.3, -0.25) is 14.3 Å². The molecule has 0 aromatic heterocycles. The number of carbonyl (C=O) groups is 1. The van der Waals surface area contributed by atoms with Crippen molar-refractivity contribution in [3.63, 3.8) is 0 Å². The average Bonchev–Trinajstić information content (AvgIpc) is 2.67. The SMILES string of the molecule is CCOC(=O)C(O)(O)C(OS(=O)(=O)c1ccc([N+](=O)[O-])cc1)c1ccccc1. The lowest BCUT2D eigenvalue weighted by Gasteiger charge is -2.28. The maximum Gasteiger partial charge on any atom is 0.369 e. The monoisotopic (exact) mass is 411 g/mol. The molecule has 0 aliphatic rings. The van der Waals surface area contributed by atoms with Gasteiger partial charge in [-0.25, -0.2) is 4.79 Å². The molecular formula is C17H17NO9S. The molecule has 0 saturated heterocycles. The zero-order chi connectivity index (χ0) is 20.9. The molecular weight excluding hydrogens is 394 g/mol. The second kappa shape index (κ2) is 8.44. The summed E-state index contributed by atoms with van der Waals surface area (Å²) in [4.78, 5) is 21.5. The van der Waals surface area contributed by atoms with Crippen molar-refractivity contribution in [3.05, 3.63) is 70.3 Å². The summed E-state index contributed by atoms with van der Waals surface area (Å²) in [6.45, 7) is 1.25. The van der Waals surface area contributed by atoms with Crippen molar-refractivity contribution in [3.8, 4) is 0 Å². The molecule has 1 unspecified atom stereocenters. The molecule has 0 fully saturated rings. The molecule has 1 atom stereocenters. The molecule has 150 valence electrons. The molecule has 0 spiro atoms. The Morgan fingerprint density at radius 1 is 1.14 bits per heavy atom. The standard InChI is InChI=1S/C17H17NO9S/c1-2-26-16(19)17(20,21)15(12-6-4-3-5-7-12)27-28(24,25)14-10-8-13(9-11-14)18(22)23/h3-11,15,20-21H,2H2,1H3. The van der Waals surface area contributed by atoms with E-state index in [1.54, 1.807) is 6.07 Å². The Morgan fingerprint density at radius 3 is 2.21 bits per heavy atom. The zero-order valence-corrected chi connectivity index (χ0v) is 15.4. The largest absolute Gasteiger partial charge is 0.462 e. The molecule has 2 rings (SSSR count). The van der Waals surface area contributed by atoms with Gasteiger partial charge in [0.05, 0.1) is 16.4 Å². The van der Waals surface area contributed by atoms with Crippen molar-refractivity contribution in [1.82, 2.24) is 0 Å². The van der Waals surface area contributed by atoms with E-state index in [0.29, 0.717) is 0 Å². The van der Waals surface area contributed by atoms with Crippen LogP contribution in [0.5, 0.6) is 0 Å². The Bertz CT molecular complexity index is 940. The van der Waals surface area contributed by atoms with Crippen molar-refractivity contribution in [1.29, 1.82) is 0 Å². The molecule has 2 aromatic rings. The van der Waals surface area contributed by atoms with Crippen molar-refractivity contribution in [2.45, 2.75) is 23.7 Å². The summed E-state index contributed by atoms with van der Waals surface area (Å²) in [6.07, 6.45) is -2.05. The van der Waals surface area contributed by atoms with E-state index in [0.717, 1.165) is 24.3 Å². The Kier molecular flexibility index (Phi) is 6.46. The highest BCUT2D eigenvalue weighted by Crippen LogP contribution is 2.33. The van der Waals surface area contributed by atoms with Gasteiger partial charge in [-0.2, -0.15) is 8.42 Å². The summed E-state index contributed by atoms with van der Waals surface area (Å²) >= 11 is 0. The van der Waals surface area contributed by atoms with Gasteiger partial charge in [0.1, 0.15) is 0 Å². The van der Waals surface area contributed by atoms with E-state index in [1.807, 2.05) is 0 Å². The van der Waals surface area contributed by atoms with Gasteiger partial charge in [-0.05, 0) is 24.6 Å². The quantitative estimate of drug-likeness (QED) is 0.215. The van der Waals surface area contributed by atoms with E-state index < -0.39 is 37.8 Å². The van der Waals surface area contributed by atoms with Gasteiger partial charge >= 0.3 is 5.97 Å². The fraction of sp³-hybridized carbons (Fsp3) is 0.235. The summed E-state index contributed by atoms with van der Waals surface area (Å²) in [5.74, 6) is -4.81. The smallest absolute Gasteiger partial charge is 0.369 e. The van der Waals surface area contributed by atoms with Gasteiger partial charge in [0.15, 0.2) is 6.10 Å². The van der Waals surface area contributed by atoms with E-state index in [-0.39, 0.29) is 17.9 Å². The number of rotatable bonds is 8. The van der Waals surface area contributed by atoms with E-state index in [4.69, 9.17) is 4.18 Å². The minimum Gasteiger partial charge on any atom is -0.462 e. The number of aliphatic hydroxyl groups is 2. The van der Waals surface area contributed by atoms with E-state index in [2.05, 4.69) is 4.74 Å². The molecule has 0 aliphatic carbocycles. The van der Waals surface area contributed by atoms with E-state index in [9.17, 15) is 33.5 Å². The van der Waals surface area contributed by atoms with Gasteiger partial charge in [-0.1, -0.05) is 30.3 Å². The Morgan fingerprint density at radius 2 is 1.71 bits per heavy atom. The molecule has 0 bridgehead atoms. The number of carbonyl (C=O) groups excluding carboxylic acids is 1. The fourth-order valence-electron chi connectivity index (χ4n) is 2.24. The van der Waals surface area contributed by atoms with Crippen LogP contribution in [0.15, 0.2) is 59.5 Å². The first-order valence-electron chi connectivity index (χ1n) is 7.94. The lowest BCUT2D eigenvalue weighted by molar-refractivity contribution is -0.384. The van der Waals surface area contributed by atoms with E-state index in [1.165, 1.54) is 31.2 Å².